The van der Waals surface area contributed by atoms with E-state index in [0.717, 1.165) is 5.56 Å². The molecule has 27 heavy (non-hydrogen) atoms. The summed E-state index contributed by atoms with van der Waals surface area (Å²) in [6.45, 7) is 7.56. The Balaban J connectivity index is 2.19. The van der Waals surface area contributed by atoms with Gasteiger partial charge in [-0.2, -0.15) is 0 Å². The van der Waals surface area contributed by atoms with Gasteiger partial charge in [0, 0.05) is 13.6 Å². The molecule has 2 rings (SSSR count). The van der Waals surface area contributed by atoms with Crippen LogP contribution in [0.2, 0.25) is 0 Å². The van der Waals surface area contributed by atoms with Gasteiger partial charge in [0.2, 0.25) is 0 Å². The Morgan fingerprint density at radius 3 is 2.22 bits per heavy atom. The Labute approximate surface area is 160 Å². The van der Waals surface area contributed by atoms with E-state index in [0.29, 0.717) is 6.54 Å². The summed E-state index contributed by atoms with van der Waals surface area (Å²) in [7, 11) is 1.67. The molecular formula is C20H31NO6. The molecule has 1 aliphatic heterocycles. The van der Waals surface area contributed by atoms with E-state index < -0.39 is 30.7 Å². The molecule has 1 aliphatic rings. The average Bonchev–Trinajstić information content (AvgIpc) is 2.61. The Morgan fingerprint density at radius 1 is 1.07 bits per heavy atom. The minimum atomic E-state index is -1.31. The minimum Gasteiger partial charge on any atom is -0.387 e. The molecule has 7 nitrogen and oxygen atoms in total. The summed E-state index contributed by atoms with van der Waals surface area (Å²) < 4.78 is 17.0. The molecule has 5 atom stereocenters. The fraction of sp³-hybridized carbons (Fsp3) is 0.650. The molecule has 152 valence electrons. The van der Waals surface area contributed by atoms with E-state index in [9.17, 15) is 15.0 Å². The smallest absolute Gasteiger partial charge is 0.254 e. The van der Waals surface area contributed by atoms with Crippen LogP contribution in [0.3, 0.4) is 0 Å². The number of hydrogen-bond donors (Lipinski definition) is 2. The number of aliphatic hydroxyl groups is 2. The highest BCUT2D eigenvalue weighted by molar-refractivity contribution is 5.81. The first-order valence-electron chi connectivity index (χ1n) is 9.32. The lowest BCUT2D eigenvalue weighted by Gasteiger charge is -2.43. The summed E-state index contributed by atoms with van der Waals surface area (Å²) in [6, 6.07) is 9.57. The SMILES string of the molecule is CC(C)O[C@@H]1OC(C(=O)N(C)Cc2ccccc2)[C@H](OC(C)C)[C@H](O)[C@@H]1O. The van der Waals surface area contributed by atoms with E-state index in [-0.39, 0.29) is 18.1 Å². The number of benzene rings is 1. The highest BCUT2D eigenvalue weighted by Gasteiger charge is 2.50. The van der Waals surface area contributed by atoms with E-state index in [1.165, 1.54) is 4.90 Å². The van der Waals surface area contributed by atoms with Gasteiger partial charge in [-0.3, -0.25) is 4.79 Å². The lowest BCUT2D eigenvalue weighted by Crippen LogP contribution is -2.63. The molecule has 0 aliphatic carbocycles. The quantitative estimate of drug-likeness (QED) is 0.740. The zero-order valence-corrected chi connectivity index (χ0v) is 16.6. The molecule has 1 fully saturated rings. The number of ether oxygens (including phenoxy) is 3. The second-order valence-electron chi connectivity index (χ2n) is 7.42. The topological polar surface area (TPSA) is 88.5 Å². The zero-order chi connectivity index (χ0) is 20.1. The number of carbonyl (C=O) groups excluding carboxylic acids is 1. The van der Waals surface area contributed by atoms with Crippen molar-refractivity contribution >= 4 is 5.91 Å². The monoisotopic (exact) mass is 381 g/mol. The number of amides is 1. The van der Waals surface area contributed by atoms with Gasteiger partial charge in [0.05, 0.1) is 12.2 Å². The molecule has 7 heteroatoms. The number of carbonyl (C=O) groups is 1. The standard InChI is InChI=1S/C20H31NO6/c1-12(2)25-17-15(22)16(23)20(26-13(3)4)27-18(17)19(24)21(5)11-14-9-7-6-8-10-14/h6-10,12-13,15-18,20,22-23H,11H2,1-5H3/t15-,16+,17-,18?,20-/m1/s1. The van der Waals surface area contributed by atoms with E-state index in [4.69, 9.17) is 14.2 Å². The lowest BCUT2D eigenvalue weighted by molar-refractivity contribution is -0.309. The largest absolute Gasteiger partial charge is 0.387 e. The maximum atomic E-state index is 13.1. The Morgan fingerprint density at radius 2 is 1.67 bits per heavy atom. The van der Waals surface area contributed by atoms with Gasteiger partial charge in [-0.05, 0) is 33.3 Å². The lowest BCUT2D eigenvalue weighted by atomic mass is 9.97. The highest BCUT2D eigenvalue weighted by atomic mass is 16.7. The fourth-order valence-corrected chi connectivity index (χ4v) is 3.03. The number of likely N-dealkylation sites (N-methyl/N-ethyl adjacent to an activating group) is 1. The first-order chi connectivity index (χ1) is 12.7. The molecule has 0 aromatic heterocycles. The molecule has 1 unspecified atom stereocenters. The first-order valence-corrected chi connectivity index (χ1v) is 9.32. The summed E-state index contributed by atoms with van der Waals surface area (Å²) >= 11 is 0. The van der Waals surface area contributed by atoms with Crippen molar-refractivity contribution in [2.24, 2.45) is 0 Å². The van der Waals surface area contributed by atoms with Crippen molar-refractivity contribution in [3.05, 3.63) is 35.9 Å². The van der Waals surface area contributed by atoms with Crippen molar-refractivity contribution < 1.29 is 29.2 Å². The van der Waals surface area contributed by atoms with Gasteiger partial charge >= 0.3 is 0 Å². The number of rotatable bonds is 7. The van der Waals surface area contributed by atoms with Crippen molar-refractivity contribution in [2.45, 2.75) is 77.2 Å². The van der Waals surface area contributed by atoms with Crippen LogP contribution in [0.4, 0.5) is 0 Å². The van der Waals surface area contributed by atoms with Crippen LogP contribution < -0.4 is 0 Å². The first kappa shape index (κ1) is 21.8. The van der Waals surface area contributed by atoms with Gasteiger partial charge < -0.3 is 29.3 Å². The van der Waals surface area contributed by atoms with Gasteiger partial charge in [-0.15, -0.1) is 0 Å². The summed E-state index contributed by atoms with van der Waals surface area (Å²) in [5.74, 6) is -0.340. The number of aliphatic hydroxyl groups excluding tert-OH is 2. The third-order valence-electron chi connectivity index (χ3n) is 4.26. The molecule has 1 amide bonds. The van der Waals surface area contributed by atoms with Crippen LogP contribution in [0.5, 0.6) is 0 Å². The Hall–Kier alpha value is -1.51. The van der Waals surface area contributed by atoms with E-state index in [2.05, 4.69) is 0 Å². The molecular weight excluding hydrogens is 350 g/mol. The molecule has 1 aromatic carbocycles. The average molecular weight is 381 g/mol. The number of nitrogens with zero attached hydrogens (tertiary/aromatic N) is 1. The van der Waals surface area contributed by atoms with Crippen LogP contribution in [-0.4, -0.2) is 71.0 Å². The van der Waals surface area contributed by atoms with Crippen LogP contribution in [0.15, 0.2) is 30.3 Å². The van der Waals surface area contributed by atoms with Gasteiger partial charge in [-0.25, -0.2) is 0 Å². The molecule has 2 N–H and O–H groups in total. The molecule has 1 saturated heterocycles. The third-order valence-corrected chi connectivity index (χ3v) is 4.26. The maximum absolute atomic E-state index is 13.1. The van der Waals surface area contributed by atoms with Crippen molar-refractivity contribution in [3.63, 3.8) is 0 Å². The van der Waals surface area contributed by atoms with Crippen molar-refractivity contribution in [2.75, 3.05) is 7.05 Å². The molecule has 0 radical (unpaired) electrons. The van der Waals surface area contributed by atoms with Crippen LogP contribution >= 0.6 is 0 Å². The molecule has 0 spiro atoms. The predicted octanol–water partition coefficient (Wildman–Crippen LogP) is 1.31. The fourth-order valence-electron chi connectivity index (χ4n) is 3.03. The number of hydrogen-bond acceptors (Lipinski definition) is 6. The normalized spacial score (nSPS) is 28.6. The summed E-state index contributed by atoms with van der Waals surface area (Å²) in [5.41, 5.74) is 0.973. The predicted molar refractivity (Wildman–Crippen MR) is 99.8 cm³/mol. The molecule has 1 aromatic rings. The van der Waals surface area contributed by atoms with Crippen LogP contribution in [0.25, 0.3) is 0 Å². The van der Waals surface area contributed by atoms with Crippen molar-refractivity contribution in [3.8, 4) is 0 Å². The zero-order valence-electron chi connectivity index (χ0n) is 16.6. The molecule has 1 heterocycles. The van der Waals surface area contributed by atoms with E-state index >= 15 is 0 Å². The molecule has 0 bridgehead atoms. The summed E-state index contributed by atoms with van der Waals surface area (Å²) in [5, 5.41) is 20.9. The van der Waals surface area contributed by atoms with Gasteiger partial charge in [-0.1, -0.05) is 30.3 Å². The minimum absolute atomic E-state index is 0.239. The van der Waals surface area contributed by atoms with Crippen molar-refractivity contribution in [1.82, 2.24) is 4.90 Å². The Kier molecular flexibility index (Phi) is 7.76. The Bertz CT molecular complexity index is 593. The van der Waals surface area contributed by atoms with Crippen molar-refractivity contribution in [1.29, 1.82) is 0 Å². The van der Waals surface area contributed by atoms with Gasteiger partial charge in [0.1, 0.15) is 18.3 Å². The highest BCUT2D eigenvalue weighted by Crippen LogP contribution is 2.27. The second kappa shape index (κ2) is 9.61. The van der Waals surface area contributed by atoms with Gasteiger partial charge in [0.15, 0.2) is 12.4 Å². The van der Waals surface area contributed by atoms with Crippen LogP contribution in [0.1, 0.15) is 33.3 Å². The third kappa shape index (κ3) is 5.73. The summed E-state index contributed by atoms with van der Waals surface area (Å²) in [4.78, 5) is 14.6. The molecule has 0 saturated carbocycles. The van der Waals surface area contributed by atoms with E-state index in [1.54, 1.807) is 34.7 Å². The van der Waals surface area contributed by atoms with E-state index in [1.807, 2.05) is 30.3 Å². The summed E-state index contributed by atoms with van der Waals surface area (Å²) in [6.07, 6.45) is -6.27. The maximum Gasteiger partial charge on any atom is 0.254 e. The van der Waals surface area contributed by atoms with Crippen LogP contribution in [-0.2, 0) is 25.5 Å². The van der Waals surface area contributed by atoms with Gasteiger partial charge in [0.25, 0.3) is 5.91 Å². The van der Waals surface area contributed by atoms with Crippen LogP contribution in [0, 0.1) is 0 Å². The second-order valence-corrected chi connectivity index (χ2v) is 7.42.